The summed E-state index contributed by atoms with van der Waals surface area (Å²) in [4.78, 5) is 9.88. The molecule has 1 aromatic carbocycles. The molecule has 3 nitrogen and oxygen atoms in total. The zero-order chi connectivity index (χ0) is 15.2. The monoisotopic (exact) mass is 321 g/mol. The molecule has 0 spiro atoms. The van der Waals surface area contributed by atoms with Crippen LogP contribution in [0.25, 0.3) is 0 Å². The molecule has 0 amide bonds. The Kier molecular flexibility index (Phi) is 6.03. The molecule has 0 aliphatic heterocycles. The minimum atomic E-state index is 0.625. The Morgan fingerprint density at radius 2 is 2.10 bits per heavy atom. The van der Waals surface area contributed by atoms with Crippen LogP contribution in [-0.4, -0.2) is 16.5 Å². The van der Waals surface area contributed by atoms with Gasteiger partial charge in [0.05, 0.1) is 0 Å². The summed E-state index contributed by atoms with van der Waals surface area (Å²) in [6, 6.07) is 7.85. The fraction of sp³-hybridized carbons (Fsp3) is 0.375. The van der Waals surface area contributed by atoms with E-state index in [0.29, 0.717) is 5.92 Å². The van der Waals surface area contributed by atoms with E-state index in [0.717, 1.165) is 33.9 Å². The fourth-order valence-corrected chi connectivity index (χ4v) is 2.95. The third-order valence-electron chi connectivity index (χ3n) is 2.86. The molecular formula is C16H20ClN3S. The molecule has 2 rings (SSSR count). The first-order valence-corrected chi connectivity index (χ1v) is 8.20. The van der Waals surface area contributed by atoms with Crippen molar-refractivity contribution in [1.29, 1.82) is 0 Å². The van der Waals surface area contributed by atoms with Crippen LogP contribution in [0.15, 0.2) is 40.5 Å². The largest absolute Gasteiger partial charge is 0.312 e. The minimum Gasteiger partial charge on any atom is -0.312 e. The molecule has 0 fully saturated rings. The highest BCUT2D eigenvalue weighted by Crippen LogP contribution is 2.30. The molecule has 5 heteroatoms. The summed E-state index contributed by atoms with van der Waals surface area (Å²) in [7, 11) is 0. The van der Waals surface area contributed by atoms with Crippen molar-refractivity contribution in [2.45, 2.75) is 37.4 Å². The van der Waals surface area contributed by atoms with Crippen molar-refractivity contribution in [3.63, 3.8) is 0 Å². The van der Waals surface area contributed by atoms with Gasteiger partial charge in [-0.2, -0.15) is 0 Å². The van der Waals surface area contributed by atoms with Crippen molar-refractivity contribution >= 4 is 23.4 Å². The van der Waals surface area contributed by atoms with Gasteiger partial charge in [-0.15, -0.1) is 0 Å². The van der Waals surface area contributed by atoms with E-state index in [4.69, 9.17) is 11.6 Å². The van der Waals surface area contributed by atoms with Gasteiger partial charge in [0.1, 0.15) is 0 Å². The number of benzene rings is 1. The highest BCUT2D eigenvalue weighted by atomic mass is 35.5. The Hall–Kier alpha value is -1.10. The van der Waals surface area contributed by atoms with Crippen molar-refractivity contribution < 1.29 is 0 Å². The van der Waals surface area contributed by atoms with Gasteiger partial charge in [0, 0.05) is 28.4 Å². The van der Waals surface area contributed by atoms with Crippen LogP contribution in [0, 0.1) is 12.8 Å². The lowest BCUT2D eigenvalue weighted by molar-refractivity contribution is 0.550. The highest BCUT2D eigenvalue weighted by Gasteiger charge is 2.08. The van der Waals surface area contributed by atoms with Crippen LogP contribution in [-0.2, 0) is 6.54 Å². The van der Waals surface area contributed by atoms with Gasteiger partial charge in [-0.25, -0.2) is 9.97 Å². The van der Waals surface area contributed by atoms with Crippen molar-refractivity contribution in [1.82, 2.24) is 15.3 Å². The topological polar surface area (TPSA) is 37.8 Å². The van der Waals surface area contributed by atoms with Crippen LogP contribution in [0.2, 0.25) is 5.02 Å². The van der Waals surface area contributed by atoms with E-state index in [-0.39, 0.29) is 0 Å². The Bertz CT molecular complexity index is 602. The van der Waals surface area contributed by atoms with Crippen LogP contribution in [0.3, 0.4) is 0 Å². The van der Waals surface area contributed by atoms with Crippen molar-refractivity contribution in [3.8, 4) is 0 Å². The number of hydrogen-bond acceptors (Lipinski definition) is 4. The smallest absolute Gasteiger partial charge is 0.192 e. The first-order chi connectivity index (χ1) is 10.0. The molecule has 1 aromatic heterocycles. The molecule has 0 unspecified atom stereocenters. The third-order valence-corrected chi connectivity index (χ3v) is 4.10. The van der Waals surface area contributed by atoms with Gasteiger partial charge in [-0.05, 0) is 61.0 Å². The van der Waals surface area contributed by atoms with Crippen LogP contribution < -0.4 is 5.32 Å². The SMILES string of the molecule is Cc1ccnc(Sc2ccc(Cl)cc2CNCC(C)C)n1. The van der Waals surface area contributed by atoms with Gasteiger partial charge in [0.2, 0.25) is 0 Å². The molecule has 0 saturated carbocycles. The quantitative estimate of drug-likeness (QED) is 0.803. The Morgan fingerprint density at radius 3 is 2.81 bits per heavy atom. The zero-order valence-electron chi connectivity index (χ0n) is 12.6. The zero-order valence-corrected chi connectivity index (χ0v) is 14.1. The van der Waals surface area contributed by atoms with Gasteiger partial charge in [0.25, 0.3) is 0 Å². The third kappa shape index (κ3) is 5.30. The molecule has 0 saturated heterocycles. The van der Waals surface area contributed by atoms with Crippen LogP contribution in [0.4, 0.5) is 0 Å². The molecule has 0 atom stereocenters. The molecule has 0 radical (unpaired) electrons. The number of halogens is 1. The van der Waals surface area contributed by atoms with E-state index in [1.54, 1.807) is 18.0 Å². The number of rotatable bonds is 6. The summed E-state index contributed by atoms with van der Waals surface area (Å²) in [5.41, 5.74) is 2.15. The van der Waals surface area contributed by atoms with E-state index in [1.165, 1.54) is 5.56 Å². The highest BCUT2D eigenvalue weighted by molar-refractivity contribution is 7.99. The fourth-order valence-electron chi connectivity index (χ4n) is 1.85. The normalized spacial score (nSPS) is 11.1. The lowest BCUT2D eigenvalue weighted by atomic mass is 10.2. The van der Waals surface area contributed by atoms with Gasteiger partial charge < -0.3 is 5.32 Å². The van der Waals surface area contributed by atoms with Crippen LogP contribution >= 0.6 is 23.4 Å². The van der Waals surface area contributed by atoms with E-state index >= 15 is 0 Å². The van der Waals surface area contributed by atoms with Crippen molar-refractivity contribution in [2.24, 2.45) is 5.92 Å². The van der Waals surface area contributed by atoms with Gasteiger partial charge in [-0.3, -0.25) is 0 Å². The predicted octanol–water partition coefficient (Wildman–Crippen LogP) is 4.34. The van der Waals surface area contributed by atoms with Crippen molar-refractivity contribution in [2.75, 3.05) is 6.54 Å². The molecule has 0 aliphatic carbocycles. The lowest BCUT2D eigenvalue weighted by Crippen LogP contribution is -2.19. The summed E-state index contributed by atoms with van der Waals surface area (Å²) in [5.74, 6) is 0.625. The summed E-state index contributed by atoms with van der Waals surface area (Å²) in [6.07, 6.45) is 1.79. The number of nitrogens with zero attached hydrogens (tertiary/aromatic N) is 2. The second-order valence-electron chi connectivity index (χ2n) is 5.36. The first kappa shape index (κ1) is 16.3. The summed E-state index contributed by atoms with van der Waals surface area (Å²) in [5, 5.41) is 4.97. The van der Waals surface area contributed by atoms with E-state index in [1.807, 2.05) is 31.2 Å². The maximum absolute atomic E-state index is 6.12. The minimum absolute atomic E-state index is 0.625. The Balaban J connectivity index is 2.14. The Labute approximate surface area is 135 Å². The first-order valence-electron chi connectivity index (χ1n) is 7.01. The van der Waals surface area contributed by atoms with Crippen molar-refractivity contribution in [3.05, 3.63) is 46.7 Å². The van der Waals surface area contributed by atoms with E-state index in [9.17, 15) is 0 Å². The maximum Gasteiger partial charge on any atom is 0.192 e. The number of nitrogens with one attached hydrogen (secondary N) is 1. The molecule has 0 bridgehead atoms. The molecule has 1 heterocycles. The summed E-state index contributed by atoms with van der Waals surface area (Å²) < 4.78 is 0. The molecule has 21 heavy (non-hydrogen) atoms. The standard InChI is InChI=1S/C16H20ClN3S/c1-11(2)9-18-10-13-8-14(17)4-5-15(13)21-16-19-7-6-12(3)20-16/h4-8,11,18H,9-10H2,1-3H3. The van der Waals surface area contributed by atoms with Crippen LogP contribution in [0.5, 0.6) is 0 Å². The predicted molar refractivity (Wildman–Crippen MR) is 88.9 cm³/mol. The lowest BCUT2D eigenvalue weighted by Gasteiger charge is -2.12. The van der Waals surface area contributed by atoms with Gasteiger partial charge in [-0.1, -0.05) is 25.4 Å². The summed E-state index contributed by atoms with van der Waals surface area (Å²) in [6.45, 7) is 8.14. The van der Waals surface area contributed by atoms with Gasteiger partial charge >= 0.3 is 0 Å². The molecule has 0 aliphatic rings. The maximum atomic E-state index is 6.12. The second-order valence-corrected chi connectivity index (χ2v) is 6.80. The van der Waals surface area contributed by atoms with E-state index < -0.39 is 0 Å². The number of aryl methyl sites for hydroxylation is 1. The molecular weight excluding hydrogens is 302 g/mol. The molecule has 2 aromatic rings. The second kappa shape index (κ2) is 7.78. The number of aromatic nitrogens is 2. The summed E-state index contributed by atoms with van der Waals surface area (Å²) >= 11 is 7.69. The van der Waals surface area contributed by atoms with Gasteiger partial charge in [0.15, 0.2) is 5.16 Å². The number of hydrogen-bond donors (Lipinski definition) is 1. The van der Waals surface area contributed by atoms with E-state index in [2.05, 4.69) is 29.1 Å². The molecule has 112 valence electrons. The Morgan fingerprint density at radius 1 is 1.29 bits per heavy atom. The van der Waals surface area contributed by atoms with Crippen LogP contribution in [0.1, 0.15) is 25.1 Å². The average Bonchev–Trinajstić information content (AvgIpc) is 2.41. The molecule has 1 N–H and O–H groups in total. The average molecular weight is 322 g/mol.